The van der Waals surface area contributed by atoms with Crippen molar-refractivity contribution in [2.45, 2.75) is 13.0 Å². The molecule has 3 aromatic rings. The maximum Gasteiger partial charge on any atom is 0.182 e. The summed E-state index contributed by atoms with van der Waals surface area (Å²) in [4.78, 5) is 28.8. The topological polar surface area (TPSA) is 52.0 Å². The number of carbonyl (C=O) groups excluding carboxylic acids is 2. The number of ketones is 2. The Morgan fingerprint density at radius 2 is 1.39 bits per heavy atom. The van der Waals surface area contributed by atoms with Crippen LogP contribution in [0.1, 0.15) is 26.5 Å². The molecule has 0 aliphatic rings. The second kappa shape index (κ2) is 6.83. The molecule has 1 heterocycles. The lowest BCUT2D eigenvalue weighted by molar-refractivity contribution is 0.0958. The van der Waals surface area contributed by atoms with Gasteiger partial charge in [-0.3, -0.25) is 9.59 Å². The van der Waals surface area contributed by atoms with E-state index in [-0.39, 0.29) is 24.5 Å². The summed E-state index contributed by atoms with van der Waals surface area (Å²) in [6.07, 6.45) is 3.53. The number of benzene rings is 2. The van der Waals surface area contributed by atoms with E-state index in [4.69, 9.17) is 0 Å². The second-order valence-corrected chi connectivity index (χ2v) is 5.23. The first kappa shape index (κ1) is 14.9. The Labute approximate surface area is 134 Å². The fourth-order valence-electron chi connectivity index (χ4n) is 2.39. The van der Waals surface area contributed by atoms with Crippen molar-refractivity contribution in [2.75, 3.05) is 0 Å². The Hall–Kier alpha value is -3.01. The molecule has 0 amide bonds. The molecule has 0 spiro atoms. The number of Topliss-reactive ketones (excluding diaryl/α,β-unsaturated/α-hetero) is 2. The van der Waals surface area contributed by atoms with Gasteiger partial charge in [-0.1, -0.05) is 60.7 Å². The van der Waals surface area contributed by atoms with Crippen LogP contribution in [0.2, 0.25) is 0 Å². The van der Waals surface area contributed by atoms with Crippen molar-refractivity contribution in [3.63, 3.8) is 0 Å². The fraction of sp³-hybridized carbons (Fsp3) is 0.105. The van der Waals surface area contributed by atoms with Crippen LogP contribution in [0.5, 0.6) is 0 Å². The average Bonchev–Trinajstić information content (AvgIpc) is 3.03. The predicted octanol–water partition coefficient (Wildman–Crippen LogP) is 3.19. The first-order valence-electron chi connectivity index (χ1n) is 7.40. The van der Waals surface area contributed by atoms with Gasteiger partial charge in [-0.15, -0.1) is 0 Å². The molecular formula is C19H16N2O2. The lowest BCUT2D eigenvalue weighted by atomic mass is 10.1. The molecule has 0 aliphatic heterocycles. The standard InChI is InChI=1S/C19H16N2O2/c22-17(15-7-3-1-4-8-15)13-19-20-11-12-21(19)14-18(23)16-9-5-2-6-10-16/h1-12H,13-14H2. The van der Waals surface area contributed by atoms with Crippen molar-refractivity contribution in [2.24, 2.45) is 0 Å². The van der Waals surface area contributed by atoms with Gasteiger partial charge in [-0.05, 0) is 0 Å². The number of carbonyl (C=O) groups is 2. The molecule has 0 unspecified atom stereocenters. The summed E-state index contributed by atoms with van der Waals surface area (Å²) >= 11 is 0. The molecule has 0 N–H and O–H groups in total. The SMILES string of the molecule is O=C(Cc1nccn1CC(=O)c1ccccc1)c1ccccc1. The highest BCUT2D eigenvalue weighted by Crippen LogP contribution is 2.09. The van der Waals surface area contributed by atoms with Crippen LogP contribution in [0, 0.1) is 0 Å². The quantitative estimate of drug-likeness (QED) is 0.657. The largest absolute Gasteiger partial charge is 0.327 e. The molecule has 2 aromatic carbocycles. The van der Waals surface area contributed by atoms with E-state index < -0.39 is 0 Å². The molecule has 3 rings (SSSR count). The highest BCUT2D eigenvalue weighted by Gasteiger charge is 2.13. The molecule has 1 aromatic heterocycles. The number of hydrogen-bond donors (Lipinski definition) is 0. The smallest absolute Gasteiger partial charge is 0.182 e. The molecule has 23 heavy (non-hydrogen) atoms. The zero-order valence-corrected chi connectivity index (χ0v) is 12.6. The first-order valence-corrected chi connectivity index (χ1v) is 7.40. The Kier molecular flexibility index (Phi) is 4.43. The van der Waals surface area contributed by atoms with E-state index >= 15 is 0 Å². The van der Waals surface area contributed by atoms with Crippen LogP contribution < -0.4 is 0 Å². The van der Waals surface area contributed by atoms with Gasteiger partial charge < -0.3 is 4.57 Å². The third-order valence-electron chi connectivity index (χ3n) is 3.63. The van der Waals surface area contributed by atoms with Crippen LogP contribution in [-0.2, 0) is 13.0 Å². The summed E-state index contributed by atoms with van der Waals surface area (Å²) in [5, 5.41) is 0. The Balaban J connectivity index is 1.73. The maximum atomic E-state index is 12.3. The summed E-state index contributed by atoms with van der Waals surface area (Å²) in [5.41, 5.74) is 1.30. The lowest BCUT2D eigenvalue weighted by Crippen LogP contribution is -2.15. The van der Waals surface area contributed by atoms with Crippen LogP contribution in [-0.4, -0.2) is 21.1 Å². The van der Waals surface area contributed by atoms with Gasteiger partial charge in [0.2, 0.25) is 0 Å². The Bertz CT molecular complexity index is 740. The molecule has 4 nitrogen and oxygen atoms in total. The van der Waals surface area contributed by atoms with Gasteiger partial charge in [-0.2, -0.15) is 0 Å². The van der Waals surface area contributed by atoms with E-state index in [9.17, 15) is 9.59 Å². The highest BCUT2D eigenvalue weighted by molar-refractivity contribution is 5.97. The lowest BCUT2D eigenvalue weighted by Gasteiger charge is -2.07. The molecule has 0 atom stereocenters. The van der Waals surface area contributed by atoms with Gasteiger partial charge >= 0.3 is 0 Å². The van der Waals surface area contributed by atoms with E-state index in [1.807, 2.05) is 36.4 Å². The molecule has 0 saturated carbocycles. The van der Waals surface area contributed by atoms with Crippen molar-refractivity contribution in [3.05, 3.63) is 90.0 Å². The minimum atomic E-state index is -0.00906. The van der Waals surface area contributed by atoms with Crippen molar-refractivity contribution in [1.29, 1.82) is 0 Å². The zero-order valence-electron chi connectivity index (χ0n) is 12.6. The Morgan fingerprint density at radius 1 is 0.826 bits per heavy atom. The van der Waals surface area contributed by atoms with Crippen LogP contribution in [0.15, 0.2) is 73.1 Å². The third kappa shape index (κ3) is 3.61. The maximum absolute atomic E-state index is 12.3. The van der Waals surface area contributed by atoms with Crippen molar-refractivity contribution in [3.8, 4) is 0 Å². The minimum absolute atomic E-state index is 0.00277. The molecule has 0 radical (unpaired) electrons. The summed E-state index contributed by atoms with van der Waals surface area (Å²) < 4.78 is 1.73. The van der Waals surface area contributed by atoms with E-state index in [0.717, 1.165) is 0 Å². The van der Waals surface area contributed by atoms with Crippen molar-refractivity contribution < 1.29 is 9.59 Å². The Morgan fingerprint density at radius 3 is 2.00 bits per heavy atom. The van der Waals surface area contributed by atoms with Gasteiger partial charge in [-0.25, -0.2) is 4.98 Å². The van der Waals surface area contributed by atoms with Crippen LogP contribution in [0.3, 0.4) is 0 Å². The van der Waals surface area contributed by atoms with Crippen LogP contribution in [0.4, 0.5) is 0 Å². The van der Waals surface area contributed by atoms with Gasteiger partial charge in [0.1, 0.15) is 5.82 Å². The number of nitrogens with zero attached hydrogens (tertiary/aromatic N) is 2. The highest BCUT2D eigenvalue weighted by atomic mass is 16.1. The molecule has 0 bridgehead atoms. The summed E-state index contributed by atoms with van der Waals surface area (Å²) in [6, 6.07) is 18.2. The predicted molar refractivity (Wildman–Crippen MR) is 87.5 cm³/mol. The fourth-order valence-corrected chi connectivity index (χ4v) is 2.39. The summed E-state index contributed by atoms with van der Waals surface area (Å²) in [7, 11) is 0. The third-order valence-corrected chi connectivity index (χ3v) is 3.63. The molecule has 0 saturated heterocycles. The van der Waals surface area contributed by atoms with E-state index in [0.29, 0.717) is 17.0 Å². The van der Waals surface area contributed by atoms with Crippen molar-refractivity contribution >= 4 is 11.6 Å². The van der Waals surface area contributed by atoms with E-state index in [1.165, 1.54) is 0 Å². The molecule has 0 fully saturated rings. The number of aromatic nitrogens is 2. The van der Waals surface area contributed by atoms with Gasteiger partial charge in [0.25, 0.3) is 0 Å². The second-order valence-electron chi connectivity index (χ2n) is 5.23. The number of imidazole rings is 1. The minimum Gasteiger partial charge on any atom is -0.327 e. The summed E-state index contributed by atoms with van der Waals surface area (Å²) in [5.74, 6) is 0.588. The van der Waals surface area contributed by atoms with Crippen LogP contribution >= 0.6 is 0 Å². The average molecular weight is 304 g/mol. The van der Waals surface area contributed by atoms with E-state index in [1.54, 1.807) is 41.2 Å². The number of hydrogen-bond acceptors (Lipinski definition) is 3. The first-order chi connectivity index (χ1) is 11.2. The van der Waals surface area contributed by atoms with Crippen LogP contribution in [0.25, 0.3) is 0 Å². The van der Waals surface area contributed by atoms with Gasteiger partial charge in [0.05, 0.1) is 13.0 Å². The molecular weight excluding hydrogens is 288 g/mol. The molecule has 4 heteroatoms. The number of rotatable bonds is 6. The van der Waals surface area contributed by atoms with Gasteiger partial charge in [0, 0.05) is 23.5 Å². The van der Waals surface area contributed by atoms with Crippen molar-refractivity contribution in [1.82, 2.24) is 9.55 Å². The van der Waals surface area contributed by atoms with E-state index in [2.05, 4.69) is 4.98 Å². The molecule has 0 aliphatic carbocycles. The molecule has 114 valence electrons. The summed E-state index contributed by atoms with van der Waals surface area (Å²) in [6.45, 7) is 0.182. The zero-order chi connectivity index (χ0) is 16.1. The van der Waals surface area contributed by atoms with Gasteiger partial charge in [0.15, 0.2) is 11.6 Å². The monoisotopic (exact) mass is 304 g/mol. The normalized spacial score (nSPS) is 10.4.